The molecule has 0 saturated carbocycles. The average Bonchev–Trinajstić information content (AvgIpc) is 2.58. The highest BCUT2D eigenvalue weighted by atomic mass is 19.1. The van der Waals surface area contributed by atoms with E-state index in [9.17, 15) is 9.18 Å². The van der Waals surface area contributed by atoms with Gasteiger partial charge in [-0.2, -0.15) is 0 Å². The lowest BCUT2D eigenvalue weighted by molar-refractivity contribution is -0.121. The highest BCUT2D eigenvalue weighted by molar-refractivity contribution is 5.76. The van der Waals surface area contributed by atoms with Crippen LogP contribution in [0.25, 0.3) is 0 Å². The summed E-state index contributed by atoms with van der Waals surface area (Å²) in [5.74, 6) is 0.563. The summed E-state index contributed by atoms with van der Waals surface area (Å²) < 4.78 is 18.7. The van der Waals surface area contributed by atoms with Gasteiger partial charge in [0.2, 0.25) is 5.91 Å². The molecule has 0 aliphatic carbocycles. The van der Waals surface area contributed by atoms with E-state index < -0.39 is 0 Å². The summed E-state index contributed by atoms with van der Waals surface area (Å²) in [5.41, 5.74) is 2.11. The Balaban J connectivity index is 1.72. The van der Waals surface area contributed by atoms with Gasteiger partial charge in [0.05, 0.1) is 6.54 Å². The molecule has 2 rings (SSSR count). The van der Waals surface area contributed by atoms with E-state index in [1.165, 1.54) is 12.1 Å². The fraction of sp³-hybridized carbons (Fsp3) is 0.381. The van der Waals surface area contributed by atoms with Gasteiger partial charge in [0.25, 0.3) is 0 Å². The molecule has 25 heavy (non-hydrogen) atoms. The molecular weight excluding hydrogens is 317 g/mol. The van der Waals surface area contributed by atoms with E-state index in [2.05, 4.69) is 32.2 Å². The molecule has 0 atom stereocenters. The van der Waals surface area contributed by atoms with Gasteiger partial charge in [-0.1, -0.05) is 51.1 Å². The standard InChI is InChI=1S/C21H26FNO2/c1-21(2,3)18-6-4-5-7-19(18)25-15-14-23-20(24)13-10-16-8-11-17(22)12-9-16/h4-9,11-12H,10,13-15H2,1-3H3,(H,23,24). The van der Waals surface area contributed by atoms with Crippen LogP contribution in [0.3, 0.4) is 0 Å². The second kappa shape index (κ2) is 8.65. The molecule has 4 heteroatoms. The molecule has 0 aliphatic heterocycles. The Morgan fingerprint density at radius 3 is 2.44 bits per heavy atom. The molecule has 0 saturated heterocycles. The van der Waals surface area contributed by atoms with Crippen LogP contribution in [0, 0.1) is 5.82 Å². The third-order valence-electron chi connectivity index (χ3n) is 3.93. The maximum atomic E-state index is 12.8. The van der Waals surface area contributed by atoms with Crippen molar-refractivity contribution >= 4 is 5.91 Å². The van der Waals surface area contributed by atoms with Crippen molar-refractivity contribution in [1.29, 1.82) is 0 Å². The molecular formula is C21H26FNO2. The largest absolute Gasteiger partial charge is 0.491 e. The van der Waals surface area contributed by atoms with Gasteiger partial charge in [0.15, 0.2) is 0 Å². The number of carbonyl (C=O) groups is 1. The lowest BCUT2D eigenvalue weighted by Gasteiger charge is -2.22. The van der Waals surface area contributed by atoms with Gasteiger partial charge < -0.3 is 10.1 Å². The molecule has 3 nitrogen and oxygen atoms in total. The number of hydrogen-bond acceptors (Lipinski definition) is 2. The molecule has 134 valence electrons. The molecule has 0 unspecified atom stereocenters. The topological polar surface area (TPSA) is 38.3 Å². The first-order valence-corrected chi connectivity index (χ1v) is 8.60. The number of halogens is 1. The summed E-state index contributed by atoms with van der Waals surface area (Å²) in [6, 6.07) is 14.2. The van der Waals surface area contributed by atoms with Crippen molar-refractivity contribution in [3.8, 4) is 5.75 Å². The van der Waals surface area contributed by atoms with Crippen LogP contribution in [0.5, 0.6) is 5.75 Å². The minimum atomic E-state index is -0.263. The average molecular weight is 343 g/mol. The molecule has 0 bridgehead atoms. The number of para-hydroxylation sites is 1. The normalized spacial score (nSPS) is 11.2. The van der Waals surface area contributed by atoms with E-state index in [0.717, 1.165) is 16.9 Å². The molecule has 0 fully saturated rings. The van der Waals surface area contributed by atoms with Crippen LogP contribution in [-0.4, -0.2) is 19.1 Å². The number of hydrogen-bond donors (Lipinski definition) is 1. The summed E-state index contributed by atoms with van der Waals surface area (Å²) in [6.45, 7) is 7.32. The molecule has 2 aromatic carbocycles. The number of aryl methyl sites for hydroxylation is 1. The minimum Gasteiger partial charge on any atom is -0.491 e. The van der Waals surface area contributed by atoms with E-state index in [1.807, 2.05) is 18.2 Å². The molecule has 1 amide bonds. The van der Waals surface area contributed by atoms with E-state index in [-0.39, 0.29) is 17.1 Å². The summed E-state index contributed by atoms with van der Waals surface area (Å²) in [4.78, 5) is 11.9. The quantitative estimate of drug-likeness (QED) is 0.763. The second-order valence-corrected chi connectivity index (χ2v) is 7.07. The maximum absolute atomic E-state index is 12.8. The van der Waals surface area contributed by atoms with Crippen LogP contribution < -0.4 is 10.1 Å². The third kappa shape index (κ3) is 6.22. The van der Waals surface area contributed by atoms with Gasteiger partial charge >= 0.3 is 0 Å². The van der Waals surface area contributed by atoms with Crippen LogP contribution >= 0.6 is 0 Å². The summed E-state index contributed by atoms with van der Waals surface area (Å²) in [6.07, 6.45) is 0.976. The van der Waals surface area contributed by atoms with Crippen molar-refractivity contribution in [1.82, 2.24) is 5.32 Å². The van der Waals surface area contributed by atoms with Crippen molar-refractivity contribution in [2.75, 3.05) is 13.2 Å². The van der Waals surface area contributed by atoms with E-state index in [1.54, 1.807) is 12.1 Å². The Morgan fingerprint density at radius 1 is 1.08 bits per heavy atom. The molecule has 0 spiro atoms. The predicted molar refractivity (Wildman–Crippen MR) is 98.4 cm³/mol. The number of benzene rings is 2. The summed E-state index contributed by atoms with van der Waals surface area (Å²) in [5, 5.41) is 2.85. The maximum Gasteiger partial charge on any atom is 0.220 e. The lowest BCUT2D eigenvalue weighted by atomic mass is 9.86. The molecule has 1 N–H and O–H groups in total. The molecule has 0 aliphatic rings. The van der Waals surface area contributed by atoms with Crippen LogP contribution in [-0.2, 0) is 16.6 Å². The fourth-order valence-corrected chi connectivity index (χ4v) is 2.56. The fourth-order valence-electron chi connectivity index (χ4n) is 2.56. The summed E-state index contributed by atoms with van der Waals surface area (Å²) in [7, 11) is 0. The zero-order valence-electron chi connectivity index (χ0n) is 15.1. The third-order valence-corrected chi connectivity index (χ3v) is 3.93. The number of carbonyl (C=O) groups excluding carboxylic acids is 1. The SMILES string of the molecule is CC(C)(C)c1ccccc1OCCNC(=O)CCc1ccc(F)cc1. The Labute approximate surface area is 149 Å². The Kier molecular flexibility index (Phi) is 6.57. The molecule has 0 radical (unpaired) electrons. The smallest absolute Gasteiger partial charge is 0.220 e. The van der Waals surface area contributed by atoms with Gasteiger partial charge in [-0.3, -0.25) is 4.79 Å². The van der Waals surface area contributed by atoms with Crippen molar-refractivity contribution in [2.45, 2.75) is 39.0 Å². The van der Waals surface area contributed by atoms with Crippen molar-refractivity contribution in [3.63, 3.8) is 0 Å². The van der Waals surface area contributed by atoms with E-state index >= 15 is 0 Å². The molecule has 2 aromatic rings. The van der Waals surface area contributed by atoms with Gasteiger partial charge in [0, 0.05) is 6.42 Å². The Hall–Kier alpha value is -2.36. The van der Waals surface area contributed by atoms with Crippen LogP contribution in [0.15, 0.2) is 48.5 Å². The Bertz CT molecular complexity index is 690. The van der Waals surface area contributed by atoms with Gasteiger partial charge in [0.1, 0.15) is 18.2 Å². The van der Waals surface area contributed by atoms with Crippen molar-refractivity contribution in [2.24, 2.45) is 0 Å². The summed E-state index contributed by atoms with van der Waals surface area (Å²) >= 11 is 0. The van der Waals surface area contributed by atoms with Gasteiger partial charge in [-0.15, -0.1) is 0 Å². The lowest BCUT2D eigenvalue weighted by Crippen LogP contribution is -2.28. The van der Waals surface area contributed by atoms with Gasteiger partial charge in [-0.05, 0) is 41.2 Å². The Morgan fingerprint density at radius 2 is 1.76 bits per heavy atom. The van der Waals surface area contributed by atoms with Crippen molar-refractivity contribution < 1.29 is 13.9 Å². The molecule has 0 heterocycles. The highest BCUT2D eigenvalue weighted by Crippen LogP contribution is 2.30. The minimum absolute atomic E-state index is 0.00893. The zero-order valence-corrected chi connectivity index (χ0v) is 15.1. The number of amides is 1. The second-order valence-electron chi connectivity index (χ2n) is 7.07. The molecule has 0 aromatic heterocycles. The number of nitrogens with one attached hydrogen (secondary N) is 1. The number of rotatable bonds is 7. The van der Waals surface area contributed by atoms with Crippen LogP contribution in [0.2, 0.25) is 0 Å². The van der Waals surface area contributed by atoms with Crippen LogP contribution in [0.4, 0.5) is 4.39 Å². The first kappa shape index (κ1) is 19.0. The van der Waals surface area contributed by atoms with E-state index in [0.29, 0.717) is 26.0 Å². The monoisotopic (exact) mass is 343 g/mol. The first-order valence-electron chi connectivity index (χ1n) is 8.60. The zero-order chi connectivity index (χ0) is 18.3. The van der Waals surface area contributed by atoms with Crippen molar-refractivity contribution in [3.05, 3.63) is 65.5 Å². The highest BCUT2D eigenvalue weighted by Gasteiger charge is 2.18. The number of ether oxygens (including phenoxy) is 1. The van der Waals surface area contributed by atoms with E-state index in [4.69, 9.17) is 4.74 Å². The predicted octanol–water partition coefficient (Wildman–Crippen LogP) is 4.25. The van der Waals surface area contributed by atoms with Crippen LogP contribution in [0.1, 0.15) is 38.3 Å². The van der Waals surface area contributed by atoms with Gasteiger partial charge in [-0.25, -0.2) is 4.39 Å². The first-order chi connectivity index (χ1) is 11.9.